The van der Waals surface area contributed by atoms with Crippen LogP contribution in [0, 0.1) is 0 Å². The molecule has 1 aliphatic heterocycles. The minimum absolute atomic E-state index is 0.0204. The number of aryl methyl sites for hydroxylation is 1. The quantitative estimate of drug-likeness (QED) is 0.859. The highest BCUT2D eigenvalue weighted by atomic mass is 32.2. The molecule has 0 aromatic carbocycles. The van der Waals surface area contributed by atoms with E-state index >= 15 is 0 Å². The Morgan fingerprint density at radius 1 is 1.63 bits per heavy atom. The minimum atomic E-state index is -0.883. The van der Waals surface area contributed by atoms with Gasteiger partial charge in [-0.3, -0.25) is 9.48 Å². The van der Waals surface area contributed by atoms with Crippen molar-refractivity contribution in [2.75, 3.05) is 23.4 Å². The van der Waals surface area contributed by atoms with Crippen LogP contribution in [0.2, 0.25) is 0 Å². The first-order valence-corrected chi connectivity index (χ1v) is 7.07. The van der Waals surface area contributed by atoms with Crippen LogP contribution in [0.25, 0.3) is 0 Å². The summed E-state index contributed by atoms with van der Waals surface area (Å²) in [4.78, 5) is 24.6. The molecule has 0 bridgehead atoms. The molecule has 0 spiro atoms. The average Bonchev–Trinajstić information content (AvgIpc) is 2.74. The van der Waals surface area contributed by atoms with Crippen LogP contribution in [0.4, 0.5) is 10.5 Å². The zero-order valence-electron chi connectivity index (χ0n) is 10.6. The Morgan fingerprint density at radius 2 is 2.42 bits per heavy atom. The number of aromatic nitrogens is 2. The summed E-state index contributed by atoms with van der Waals surface area (Å²) in [5.41, 5.74) is 0.611. The van der Waals surface area contributed by atoms with Crippen LogP contribution >= 0.6 is 11.8 Å². The molecule has 2 heterocycles. The fourth-order valence-corrected chi connectivity index (χ4v) is 3.04. The number of rotatable bonds is 3. The molecule has 0 radical (unpaired) electrons. The van der Waals surface area contributed by atoms with Gasteiger partial charge in [0.25, 0.3) is 0 Å². The number of hydrogen-bond donors (Lipinski definition) is 2. The maximum Gasteiger partial charge on any atom is 0.322 e. The average molecular weight is 284 g/mol. The Balaban J connectivity index is 2.00. The van der Waals surface area contributed by atoms with Crippen LogP contribution in [-0.4, -0.2) is 55.9 Å². The molecule has 1 saturated heterocycles. The maximum absolute atomic E-state index is 12.1. The number of amides is 2. The summed E-state index contributed by atoms with van der Waals surface area (Å²) in [5.74, 6) is 0.607. The fourth-order valence-electron chi connectivity index (χ4n) is 1.97. The van der Waals surface area contributed by atoms with Gasteiger partial charge < -0.3 is 15.3 Å². The molecule has 7 nitrogen and oxygen atoms in total. The van der Waals surface area contributed by atoms with E-state index in [-0.39, 0.29) is 18.5 Å². The monoisotopic (exact) mass is 284 g/mol. The van der Waals surface area contributed by atoms with Crippen molar-refractivity contribution in [3.63, 3.8) is 0 Å². The van der Waals surface area contributed by atoms with Gasteiger partial charge in [0.1, 0.15) is 0 Å². The first kappa shape index (κ1) is 13.7. The zero-order chi connectivity index (χ0) is 13.8. The lowest BCUT2D eigenvalue weighted by atomic mass is 10.2. The Bertz CT molecular complexity index is 476. The number of carboxylic acids is 1. The highest BCUT2D eigenvalue weighted by molar-refractivity contribution is 7.99. The second-order valence-electron chi connectivity index (χ2n) is 4.35. The van der Waals surface area contributed by atoms with Crippen molar-refractivity contribution in [1.82, 2.24) is 14.7 Å². The van der Waals surface area contributed by atoms with E-state index in [9.17, 15) is 9.59 Å². The van der Waals surface area contributed by atoms with Crippen molar-refractivity contribution in [2.45, 2.75) is 12.5 Å². The van der Waals surface area contributed by atoms with Crippen LogP contribution in [0.1, 0.15) is 6.42 Å². The molecule has 0 saturated carbocycles. The summed E-state index contributed by atoms with van der Waals surface area (Å²) in [5, 5.41) is 15.6. The second kappa shape index (κ2) is 5.96. The smallest absolute Gasteiger partial charge is 0.322 e. The Morgan fingerprint density at radius 3 is 3.05 bits per heavy atom. The van der Waals surface area contributed by atoms with Gasteiger partial charge in [0, 0.05) is 31.3 Å². The van der Waals surface area contributed by atoms with Gasteiger partial charge in [-0.05, 0) is 0 Å². The van der Waals surface area contributed by atoms with Crippen LogP contribution in [-0.2, 0) is 11.8 Å². The molecule has 2 amide bonds. The fraction of sp³-hybridized carbons (Fsp3) is 0.545. The van der Waals surface area contributed by atoms with E-state index in [1.807, 2.05) is 0 Å². The van der Waals surface area contributed by atoms with Gasteiger partial charge in [0.15, 0.2) is 0 Å². The lowest BCUT2D eigenvalue weighted by Gasteiger charge is -2.34. The summed E-state index contributed by atoms with van der Waals surface area (Å²) >= 11 is 1.68. The molecular weight excluding hydrogens is 268 g/mol. The maximum atomic E-state index is 12.1. The highest BCUT2D eigenvalue weighted by Crippen LogP contribution is 2.20. The van der Waals surface area contributed by atoms with E-state index in [0.29, 0.717) is 18.0 Å². The number of carbonyl (C=O) groups is 2. The Labute approximate surface area is 115 Å². The standard InChI is InChI=1S/C11H16N4O3S/c1-14-6-8(5-12-14)13-11(18)15-2-3-19-7-9(15)4-10(16)17/h5-6,9H,2-4,7H2,1H3,(H,13,18)(H,16,17). The van der Waals surface area contributed by atoms with E-state index in [1.54, 1.807) is 40.8 Å². The summed E-state index contributed by atoms with van der Waals surface area (Å²) < 4.78 is 1.59. The SMILES string of the molecule is Cn1cc(NC(=O)N2CCSCC2CC(=O)O)cn1. The Kier molecular flexibility index (Phi) is 4.31. The molecule has 2 rings (SSSR count). The normalized spacial score (nSPS) is 19.2. The second-order valence-corrected chi connectivity index (χ2v) is 5.50. The third-order valence-corrected chi connectivity index (χ3v) is 3.95. The molecule has 2 N–H and O–H groups in total. The van der Waals surface area contributed by atoms with Crippen molar-refractivity contribution in [1.29, 1.82) is 0 Å². The van der Waals surface area contributed by atoms with Gasteiger partial charge in [-0.15, -0.1) is 0 Å². The Hall–Kier alpha value is -1.70. The molecule has 1 aromatic heterocycles. The minimum Gasteiger partial charge on any atom is -0.481 e. The predicted molar refractivity (Wildman–Crippen MR) is 72.3 cm³/mol. The van der Waals surface area contributed by atoms with Gasteiger partial charge in [-0.1, -0.05) is 0 Å². The number of nitrogens with zero attached hydrogens (tertiary/aromatic N) is 3. The molecular formula is C11H16N4O3S. The molecule has 1 aromatic rings. The number of urea groups is 1. The molecule has 8 heteroatoms. The van der Waals surface area contributed by atoms with Gasteiger partial charge in [-0.25, -0.2) is 4.79 Å². The van der Waals surface area contributed by atoms with Crippen molar-refractivity contribution in [3.05, 3.63) is 12.4 Å². The van der Waals surface area contributed by atoms with Gasteiger partial charge in [0.2, 0.25) is 0 Å². The summed E-state index contributed by atoms with van der Waals surface area (Å²) in [6, 6.07) is -0.521. The molecule has 1 fully saturated rings. The predicted octanol–water partition coefficient (Wildman–Crippen LogP) is 0.844. The van der Waals surface area contributed by atoms with E-state index < -0.39 is 5.97 Å². The van der Waals surface area contributed by atoms with Crippen molar-refractivity contribution < 1.29 is 14.7 Å². The molecule has 0 aliphatic carbocycles. The number of carbonyl (C=O) groups excluding carboxylic acids is 1. The van der Waals surface area contributed by atoms with Gasteiger partial charge in [0.05, 0.1) is 24.3 Å². The molecule has 19 heavy (non-hydrogen) atoms. The van der Waals surface area contributed by atoms with Crippen LogP contribution in [0.15, 0.2) is 12.4 Å². The summed E-state index contributed by atoms with van der Waals surface area (Å²) in [7, 11) is 1.76. The van der Waals surface area contributed by atoms with E-state index in [0.717, 1.165) is 5.75 Å². The zero-order valence-corrected chi connectivity index (χ0v) is 11.4. The van der Waals surface area contributed by atoms with Crippen LogP contribution < -0.4 is 5.32 Å². The first-order valence-electron chi connectivity index (χ1n) is 5.92. The first-order chi connectivity index (χ1) is 9.06. The lowest BCUT2D eigenvalue weighted by molar-refractivity contribution is -0.137. The topological polar surface area (TPSA) is 87.5 Å². The van der Waals surface area contributed by atoms with Crippen molar-refractivity contribution >= 4 is 29.4 Å². The summed E-state index contributed by atoms with van der Waals surface area (Å²) in [6.45, 7) is 0.564. The number of anilines is 1. The van der Waals surface area contributed by atoms with Crippen LogP contribution in [0.5, 0.6) is 0 Å². The number of aliphatic carboxylic acids is 1. The van der Waals surface area contributed by atoms with Gasteiger partial charge >= 0.3 is 12.0 Å². The van der Waals surface area contributed by atoms with Crippen molar-refractivity contribution in [2.24, 2.45) is 7.05 Å². The molecule has 1 aliphatic rings. The number of hydrogen-bond acceptors (Lipinski definition) is 4. The largest absolute Gasteiger partial charge is 0.481 e. The van der Waals surface area contributed by atoms with E-state index in [1.165, 1.54) is 0 Å². The van der Waals surface area contributed by atoms with Crippen molar-refractivity contribution in [3.8, 4) is 0 Å². The molecule has 1 atom stereocenters. The van der Waals surface area contributed by atoms with Crippen LogP contribution in [0.3, 0.4) is 0 Å². The molecule has 1 unspecified atom stereocenters. The third kappa shape index (κ3) is 3.63. The number of nitrogens with one attached hydrogen (secondary N) is 1. The van der Waals surface area contributed by atoms with E-state index in [4.69, 9.17) is 5.11 Å². The van der Waals surface area contributed by atoms with Gasteiger partial charge in [-0.2, -0.15) is 16.9 Å². The number of carboxylic acid groups (broad SMARTS) is 1. The number of thioether (sulfide) groups is 1. The summed E-state index contributed by atoms with van der Waals surface area (Å²) in [6.07, 6.45) is 3.24. The highest BCUT2D eigenvalue weighted by Gasteiger charge is 2.28. The molecule has 104 valence electrons. The third-order valence-electron chi connectivity index (χ3n) is 2.85. The lowest BCUT2D eigenvalue weighted by Crippen LogP contribution is -2.48. The van der Waals surface area contributed by atoms with E-state index in [2.05, 4.69) is 10.4 Å².